The summed E-state index contributed by atoms with van der Waals surface area (Å²) in [6, 6.07) is 9.93. The van der Waals surface area contributed by atoms with Crippen molar-refractivity contribution in [2.24, 2.45) is 11.8 Å². The van der Waals surface area contributed by atoms with E-state index in [2.05, 4.69) is 24.5 Å². The van der Waals surface area contributed by atoms with Crippen LogP contribution >= 0.6 is 0 Å². The Morgan fingerprint density at radius 2 is 1.90 bits per heavy atom. The first-order valence-electron chi connectivity index (χ1n) is 7.70. The molecule has 110 valence electrons. The molecule has 0 heterocycles. The van der Waals surface area contributed by atoms with Crippen LogP contribution < -0.4 is 10.6 Å². The number of hydrogen-bond acceptors (Lipinski definition) is 2. The molecule has 1 saturated carbocycles. The van der Waals surface area contributed by atoms with Crippen LogP contribution in [0.2, 0.25) is 0 Å². The van der Waals surface area contributed by atoms with Crippen molar-refractivity contribution in [2.45, 2.75) is 52.1 Å². The molecule has 1 aromatic carbocycles. The summed E-state index contributed by atoms with van der Waals surface area (Å²) in [5.41, 5.74) is 0.858. The lowest BCUT2D eigenvalue weighted by Gasteiger charge is -2.36. The number of rotatable bonds is 4. The van der Waals surface area contributed by atoms with Gasteiger partial charge in [-0.05, 0) is 37.3 Å². The van der Waals surface area contributed by atoms with E-state index in [0.717, 1.165) is 11.6 Å². The summed E-state index contributed by atoms with van der Waals surface area (Å²) in [4.78, 5) is 12.2. The van der Waals surface area contributed by atoms with Crippen molar-refractivity contribution < 1.29 is 4.79 Å². The summed E-state index contributed by atoms with van der Waals surface area (Å²) in [5.74, 6) is 1.42. The molecule has 2 N–H and O–H groups in total. The van der Waals surface area contributed by atoms with Gasteiger partial charge >= 0.3 is 0 Å². The molecule has 0 spiro atoms. The topological polar surface area (TPSA) is 41.1 Å². The average Bonchev–Trinajstić information content (AvgIpc) is 2.45. The minimum absolute atomic E-state index is 0.0432. The second-order valence-electron chi connectivity index (χ2n) is 6.12. The maximum Gasteiger partial charge on any atom is 0.241 e. The van der Waals surface area contributed by atoms with Crippen LogP contribution in [0, 0.1) is 11.8 Å². The van der Waals surface area contributed by atoms with Gasteiger partial charge in [-0.15, -0.1) is 0 Å². The molecule has 0 aromatic heterocycles. The Kier molecular flexibility index (Phi) is 5.18. The number of hydrogen-bond donors (Lipinski definition) is 2. The number of carbonyl (C=O) groups is 1. The van der Waals surface area contributed by atoms with Gasteiger partial charge < -0.3 is 10.6 Å². The highest BCUT2D eigenvalue weighted by Crippen LogP contribution is 2.29. The number of para-hydroxylation sites is 1. The average molecular weight is 274 g/mol. The number of carbonyl (C=O) groups excluding carboxylic acids is 1. The maximum atomic E-state index is 12.2. The zero-order valence-electron chi connectivity index (χ0n) is 12.7. The zero-order valence-corrected chi connectivity index (χ0v) is 12.7. The number of anilines is 1. The summed E-state index contributed by atoms with van der Waals surface area (Å²) < 4.78 is 0. The Labute approximate surface area is 122 Å². The Hall–Kier alpha value is -1.35. The monoisotopic (exact) mass is 274 g/mol. The van der Waals surface area contributed by atoms with E-state index in [-0.39, 0.29) is 11.9 Å². The lowest BCUT2D eigenvalue weighted by molar-refractivity contribution is -0.118. The van der Waals surface area contributed by atoms with Crippen LogP contribution in [-0.4, -0.2) is 18.0 Å². The standard InChI is InChI=1S/C17H26N2O/c1-12-8-7-11-16(13(12)2)18-14(3)17(20)19-15-9-5-4-6-10-15/h4-6,9-10,12-14,16,18H,7-8,11H2,1-3H3,(H,19,20)/t12-,13-,14+,16+/m1/s1. The fraction of sp³-hybridized carbons (Fsp3) is 0.588. The third-order valence-electron chi connectivity index (χ3n) is 4.61. The fourth-order valence-electron chi connectivity index (χ4n) is 2.99. The molecule has 3 heteroatoms. The zero-order chi connectivity index (χ0) is 14.5. The molecule has 4 atom stereocenters. The SMILES string of the molecule is C[C@@H]1[C@H](C)CCC[C@@H]1N[C@@H](C)C(=O)Nc1ccccc1. The van der Waals surface area contributed by atoms with Crippen LogP contribution in [0.4, 0.5) is 5.69 Å². The van der Waals surface area contributed by atoms with Gasteiger partial charge in [0, 0.05) is 11.7 Å². The predicted molar refractivity (Wildman–Crippen MR) is 83.6 cm³/mol. The van der Waals surface area contributed by atoms with Crippen molar-refractivity contribution in [3.05, 3.63) is 30.3 Å². The minimum Gasteiger partial charge on any atom is -0.325 e. The molecule has 1 aromatic rings. The van der Waals surface area contributed by atoms with Crippen LogP contribution in [0.25, 0.3) is 0 Å². The van der Waals surface area contributed by atoms with E-state index in [4.69, 9.17) is 0 Å². The Morgan fingerprint density at radius 3 is 2.60 bits per heavy atom. The van der Waals surface area contributed by atoms with E-state index in [1.54, 1.807) is 0 Å². The van der Waals surface area contributed by atoms with Gasteiger partial charge in [0.1, 0.15) is 0 Å². The molecule has 0 radical (unpaired) electrons. The summed E-state index contributed by atoms with van der Waals surface area (Å²) in [6.07, 6.45) is 3.74. The molecule has 0 aliphatic heterocycles. The van der Waals surface area contributed by atoms with Crippen molar-refractivity contribution in [2.75, 3.05) is 5.32 Å². The first-order valence-corrected chi connectivity index (χ1v) is 7.70. The van der Waals surface area contributed by atoms with Gasteiger partial charge in [-0.1, -0.05) is 44.9 Å². The fourth-order valence-corrected chi connectivity index (χ4v) is 2.99. The largest absolute Gasteiger partial charge is 0.325 e. The number of benzene rings is 1. The first-order chi connectivity index (χ1) is 9.58. The summed E-state index contributed by atoms with van der Waals surface area (Å²) >= 11 is 0. The van der Waals surface area contributed by atoms with Gasteiger partial charge in [0.2, 0.25) is 5.91 Å². The lowest BCUT2D eigenvalue weighted by atomic mass is 9.78. The smallest absolute Gasteiger partial charge is 0.241 e. The molecule has 1 aliphatic carbocycles. The Morgan fingerprint density at radius 1 is 1.20 bits per heavy atom. The van der Waals surface area contributed by atoms with Crippen molar-refractivity contribution in [3.8, 4) is 0 Å². The highest BCUT2D eigenvalue weighted by Gasteiger charge is 2.29. The summed E-state index contributed by atoms with van der Waals surface area (Å²) in [6.45, 7) is 6.56. The minimum atomic E-state index is -0.159. The van der Waals surface area contributed by atoms with Gasteiger partial charge in [-0.25, -0.2) is 0 Å². The number of amides is 1. The first kappa shape index (κ1) is 15.0. The van der Waals surface area contributed by atoms with E-state index in [1.807, 2.05) is 37.3 Å². The van der Waals surface area contributed by atoms with Gasteiger partial charge in [0.25, 0.3) is 0 Å². The molecule has 0 bridgehead atoms. The molecule has 1 fully saturated rings. The Balaban J connectivity index is 1.87. The van der Waals surface area contributed by atoms with E-state index in [1.165, 1.54) is 19.3 Å². The van der Waals surface area contributed by atoms with Crippen molar-refractivity contribution >= 4 is 11.6 Å². The van der Waals surface area contributed by atoms with Gasteiger partial charge in [0.05, 0.1) is 6.04 Å². The molecular weight excluding hydrogens is 248 g/mol. The van der Waals surface area contributed by atoms with Gasteiger partial charge in [-0.3, -0.25) is 4.79 Å². The van der Waals surface area contributed by atoms with Crippen LogP contribution in [0.15, 0.2) is 30.3 Å². The second-order valence-corrected chi connectivity index (χ2v) is 6.12. The summed E-state index contributed by atoms with van der Waals surface area (Å²) in [7, 11) is 0. The quantitative estimate of drug-likeness (QED) is 0.883. The van der Waals surface area contributed by atoms with Crippen LogP contribution in [-0.2, 0) is 4.79 Å². The van der Waals surface area contributed by atoms with Gasteiger partial charge in [0.15, 0.2) is 0 Å². The van der Waals surface area contributed by atoms with Crippen molar-refractivity contribution in [1.29, 1.82) is 0 Å². The number of nitrogens with one attached hydrogen (secondary N) is 2. The highest BCUT2D eigenvalue weighted by atomic mass is 16.2. The third-order valence-corrected chi connectivity index (χ3v) is 4.61. The predicted octanol–water partition coefficient (Wildman–Crippen LogP) is 3.43. The molecular formula is C17H26N2O. The molecule has 0 saturated heterocycles. The lowest BCUT2D eigenvalue weighted by Crippen LogP contribution is -2.49. The highest BCUT2D eigenvalue weighted by molar-refractivity contribution is 5.94. The third kappa shape index (κ3) is 3.83. The van der Waals surface area contributed by atoms with Crippen molar-refractivity contribution in [3.63, 3.8) is 0 Å². The van der Waals surface area contributed by atoms with Crippen LogP contribution in [0.5, 0.6) is 0 Å². The molecule has 1 amide bonds. The second kappa shape index (κ2) is 6.89. The Bertz CT molecular complexity index is 432. The molecule has 0 unspecified atom stereocenters. The van der Waals surface area contributed by atoms with Crippen LogP contribution in [0.1, 0.15) is 40.0 Å². The molecule has 2 rings (SSSR count). The van der Waals surface area contributed by atoms with Crippen molar-refractivity contribution in [1.82, 2.24) is 5.32 Å². The van der Waals surface area contributed by atoms with E-state index in [9.17, 15) is 4.79 Å². The van der Waals surface area contributed by atoms with Gasteiger partial charge in [-0.2, -0.15) is 0 Å². The molecule has 20 heavy (non-hydrogen) atoms. The molecule has 3 nitrogen and oxygen atoms in total. The summed E-state index contributed by atoms with van der Waals surface area (Å²) in [5, 5.41) is 6.46. The maximum absolute atomic E-state index is 12.2. The van der Waals surface area contributed by atoms with E-state index >= 15 is 0 Å². The van der Waals surface area contributed by atoms with Crippen LogP contribution in [0.3, 0.4) is 0 Å². The molecule has 1 aliphatic rings. The van der Waals surface area contributed by atoms with E-state index in [0.29, 0.717) is 12.0 Å². The normalized spacial score (nSPS) is 27.9. The van der Waals surface area contributed by atoms with E-state index < -0.39 is 0 Å².